The van der Waals surface area contributed by atoms with E-state index in [1.165, 1.54) is 21.7 Å². The summed E-state index contributed by atoms with van der Waals surface area (Å²) in [6.07, 6.45) is 4.94. The molecular formula is C16H24F2N2O2S. The predicted molar refractivity (Wildman–Crippen MR) is 86.1 cm³/mol. The molecule has 130 valence electrons. The van der Waals surface area contributed by atoms with E-state index in [0.717, 1.165) is 44.2 Å². The molecule has 7 heteroatoms. The lowest BCUT2D eigenvalue weighted by atomic mass is 9.96. The van der Waals surface area contributed by atoms with Crippen LogP contribution in [0.3, 0.4) is 0 Å². The molecule has 1 fully saturated rings. The highest BCUT2D eigenvalue weighted by atomic mass is 32.2. The minimum atomic E-state index is -3.66. The third kappa shape index (κ3) is 3.89. The van der Waals surface area contributed by atoms with E-state index in [4.69, 9.17) is 0 Å². The fraction of sp³-hybridized carbons (Fsp3) is 0.625. The highest BCUT2D eigenvalue weighted by Gasteiger charge is 2.33. The molecule has 23 heavy (non-hydrogen) atoms. The number of nitrogens with zero attached hydrogens (tertiary/aromatic N) is 2. The van der Waals surface area contributed by atoms with Gasteiger partial charge in [-0.05, 0) is 37.5 Å². The molecule has 1 aromatic carbocycles. The van der Waals surface area contributed by atoms with Gasteiger partial charge in [0.25, 0.3) is 10.2 Å². The van der Waals surface area contributed by atoms with E-state index in [1.807, 2.05) is 0 Å². The maximum atomic E-state index is 13.4. The highest BCUT2D eigenvalue weighted by Crippen LogP contribution is 2.28. The van der Waals surface area contributed by atoms with Crippen molar-refractivity contribution >= 4 is 10.2 Å². The summed E-state index contributed by atoms with van der Waals surface area (Å²) in [5.74, 6) is -1.91. The molecule has 1 unspecified atom stereocenters. The van der Waals surface area contributed by atoms with Crippen molar-refractivity contribution in [2.24, 2.45) is 0 Å². The molecule has 0 radical (unpaired) electrons. The molecule has 0 N–H and O–H groups in total. The van der Waals surface area contributed by atoms with Crippen LogP contribution >= 0.6 is 0 Å². The normalized spacial score (nSPS) is 18.6. The van der Waals surface area contributed by atoms with Crippen LogP contribution in [0.25, 0.3) is 0 Å². The Morgan fingerprint density at radius 1 is 1.09 bits per heavy atom. The Bertz CT molecular complexity index is 645. The Morgan fingerprint density at radius 3 is 2.26 bits per heavy atom. The Hall–Kier alpha value is -1.05. The Labute approximate surface area is 137 Å². The summed E-state index contributed by atoms with van der Waals surface area (Å²) in [6, 6.07) is 2.91. The average molecular weight is 346 g/mol. The summed E-state index contributed by atoms with van der Waals surface area (Å²) >= 11 is 0. The minimum absolute atomic E-state index is 0.00774. The van der Waals surface area contributed by atoms with Gasteiger partial charge in [-0.15, -0.1) is 0 Å². The van der Waals surface area contributed by atoms with E-state index in [-0.39, 0.29) is 6.04 Å². The lowest BCUT2D eigenvalue weighted by molar-refractivity contribution is 0.259. The summed E-state index contributed by atoms with van der Waals surface area (Å²) < 4.78 is 54.6. The second-order valence-electron chi connectivity index (χ2n) is 6.18. The molecule has 0 heterocycles. The first-order chi connectivity index (χ1) is 10.7. The van der Waals surface area contributed by atoms with E-state index in [2.05, 4.69) is 0 Å². The zero-order valence-corrected chi connectivity index (χ0v) is 14.6. The van der Waals surface area contributed by atoms with Crippen LogP contribution in [0.5, 0.6) is 0 Å². The fourth-order valence-electron chi connectivity index (χ4n) is 3.02. The molecule has 1 aromatic rings. The van der Waals surface area contributed by atoms with Crippen molar-refractivity contribution in [2.75, 3.05) is 14.1 Å². The second kappa shape index (κ2) is 7.23. The predicted octanol–water partition coefficient (Wildman–Crippen LogP) is 3.47. The van der Waals surface area contributed by atoms with Crippen LogP contribution in [-0.4, -0.2) is 37.2 Å². The molecule has 1 aliphatic carbocycles. The first-order valence-electron chi connectivity index (χ1n) is 7.91. The van der Waals surface area contributed by atoms with Crippen LogP contribution in [0.15, 0.2) is 18.2 Å². The van der Waals surface area contributed by atoms with Gasteiger partial charge in [-0.1, -0.05) is 25.3 Å². The van der Waals surface area contributed by atoms with Crippen molar-refractivity contribution in [3.05, 3.63) is 35.4 Å². The molecule has 0 bridgehead atoms. The number of hydrogen-bond acceptors (Lipinski definition) is 2. The first kappa shape index (κ1) is 18.3. The van der Waals surface area contributed by atoms with Crippen molar-refractivity contribution in [2.45, 2.75) is 51.1 Å². The smallest absolute Gasteiger partial charge is 0.204 e. The summed E-state index contributed by atoms with van der Waals surface area (Å²) in [7, 11) is -0.589. The standard InChI is InChI=1S/C16H24F2N2O2S/c1-12(13-9-10-15(17)16(18)11-13)19(2)23(21,22)20(3)14-7-5-4-6-8-14/h9-12,14H,4-8H2,1-3H3. The maximum absolute atomic E-state index is 13.4. The van der Waals surface area contributed by atoms with Gasteiger partial charge in [-0.2, -0.15) is 17.0 Å². The summed E-state index contributed by atoms with van der Waals surface area (Å²) in [5.41, 5.74) is 0.423. The number of hydrogen-bond donors (Lipinski definition) is 0. The van der Waals surface area contributed by atoms with Gasteiger partial charge in [-0.3, -0.25) is 0 Å². The van der Waals surface area contributed by atoms with Gasteiger partial charge < -0.3 is 0 Å². The second-order valence-corrected chi connectivity index (χ2v) is 8.23. The highest BCUT2D eigenvalue weighted by molar-refractivity contribution is 7.86. The zero-order valence-electron chi connectivity index (χ0n) is 13.8. The van der Waals surface area contributed by atoms with Crippen molar-refractivity contribution in [1.29, 1.82) is 0 Å². The van der Waals surface area contributed by atoms with E-state index in [9.17, 15) is 17.2 Å². The molecule has 4 nitrogen and oxygen atoms in total. The summed E-state index contributed by atoms with van der Waals surface area (Å²) in [6.45, 7) is 1.67. The van der Waals surface area contributed by atoms with Gasteiger partial charge in [0.1, 0.15) is 0 Å². The monoisotopic (exact) mass is 346 g/mol. The van der Waals surface area contributed by atoms with Crippen molar-refractivity contribution in [3.8, 4) is 0 Å². The molecule has 2 rings (SSSR count). The quantitative estimate of drug-likeness (QED) is 0.819. The van der Waals surface area contributed by atoms with E-state index < -0.39 is 27.9 Å². The Balaban J connectivity index is 2.18. The molecule has 0 aromatic heterocycles. The molecular weight excluding hydrogens is 322 g/mol. The van der Waals surface area contributed by atoms with Gasteiger partial charge in [-0.25, -0.2) is 8.78 Å². The third-order valence-electron chi connectivity index (χ3n) is 4.79. The van der Waals surface area contributed by atoms with Crippen LogP contribution < -0.4 is 0 Å². The van der Waals surface area contributed by atoms with Crippen LogP contribution in [0.1, 0.15) is 50.6 Å². The van der Waals surface area contributed by atoms with Crippen LogP contribution in [0, 0.1) is 11.6 Å². The van der Waals surface area contributed by atoms with Crippen LogP contribution in [-0.2, 0) is 10.2 Å². The van der Waals surface area contributed by atoms with Crippen LogP contribution in [0.4, 0.5) is 8.78 Å². The van der Waals surface area contributed by atoms with E-state index >= 15 is 0 Å². The molecule has 0 saturated heterocycles. The zero-order chi connectivity index (χ0) is 17.2. The maximum Gasteiger partial charge on any atom is 0.282 e. The Kier molecular flexibility index (Phi) is 5.75. The molecule has 1 saturated carbocycles. The topological polar surface area (TPSA) is 40.6 Å². The third-order valence-corrected chi connectivity index (χ3v) is 6.86. The van der Waals surface area contributed by atoms with Crippen molar-refractivity contribution in [3.63, 3.8) is 0 Å². The summed E-state index contributed by atoms with van der Waals surface area (Å²) in [5, 5.41) is 0. The fourth-order valence-corrected chi connectivity index (χ4v) is 4.53. The Morgan fingerprint density at radius 2 is 1.70 bits per heavy atom. The lowest BCUT2D eigenvalue weighted by Crippen LogP contribution is -2.46. The summed E-state index contributed by atoms with van der Waals surface area (Å²) in [4.78, 5) is 0. The van der Waals surface area contributed by atoms with Gasteiger partial charge in [0.15, 0.2) is 11.6 Å². The minimum Gasteiger partial charge on any atom is -0.204 e. The van der Waals surface area contributed by atoms with Crippen molar-refractivity contribution < 1.29 is 17.2 Å². The lowest BCUT2D eigenvalue weighted by Gasteiger charge is -2.35. The van der Waals surface area contributed by atoms with Crippen molar-refractivity contribution in [1.82, 2.24) is 8.61 Å². The largest absolute Gasteiger partial charge is 0.282 e. The van der Waals surface area contributed by atoms with Gasteiger partial charge in [0.05, 0.1) is 0 Å². The SMILES string of the molecule is CC(c1ccc(F)c(F)c1)N(C)S(=O)(=O)N(C)C1CCCCC1. The van der Waals surface area contributed by atoms with E-state index in [1.54, 1.807) is 14.0 Å². The number of benzene rings is 1. The van der Waals surface area contributed by atoms with Crippen LogP contribution in [0.2, 0.25) is 0 Å². The molecule has 1 aliphatic rings. The molecule has 0 aliphatic heterocycles. The first-order valence-corrected chi connectivity index (χ1v) is 9.30. The number of halogens is 2. The molecule has 0 amide bonds. The average Bonchev–Trinajstić information content (AvgIpc) is 2.56. The van der Waals surface area contributed by atoms with Gasteiger partial charge in [0.2, 0.25) is 0 Å². The van der Waals surface area contributed by atoms with Gasteiger partial charge in [0, 0.05) is 26.2 Å². The van der Waals surface area contributed by atoms with Gasteiger partial charge >= 0.3 is 0 Å². The number of rotatable bonds is 5. The van der Waals surface area contributed by atoms with E-state index in [0.29, 0.717) is 5.56 Å². The molecule has 0 spiro atoms. The molecule has 1 atom stereocenters.